The minimum absolute atomic E-state index is 0.0412. The highest BCUT2D eigenvalue weighted by atomic mass is 35.5. The van der Waals surface area contributed by atoms with Gasteiger partial charge in [-0.25, -0.2) is 0 Å². The molecule has 3 aromatic rings. The third kappa shape index (κ3) is 3.01. The van der Waals surface area contributed by atoms with Gasteiger partial charge in [0.1, 0.15) is 5.75 Å². The maximum Gasteiger partial charge on any atom is 0.177 e. The van der Waals surface area contributed by atoms with Crippen LogP contribution >= 0.6 is 11.6 Å². The molecule has 1 aliphatic rings. The van der Waals surface area contributed by atoms with E-state index in [4.69, 9.17) is 16.3 Å². The van der Waals surface area contributed by atoms with Gasteiger partial charge < -0.3 is 4.74 Å². The van der Waals surface area contributed by atoms with E-state index in [2.05, 4.69) is 68.6 Å². The van der Waals surface area contributed by atoms with Crippen LogP contribution in [0, 0.1) is 5.41 Å². The molecule has 0 radical (unpaired) electrons. The van der Waals surface area contributed by atoms with E-state index in [1.54, 1.807) is 0 Å². The summed E-state index contributed by atoms with van der Waals surface area (Å²) in [7, 11) is 0. The Hall–Kier alpha value is -2.03. The lowest BCUT2D eigenvalue weighted by atomic mass is 9.79. The molecule has 4 rings (SSSR count). The molecule has 1 aliphatic heterocycles. The van der Waals surface area contributed by atoms with Gasteiger partial charge >= 0.3 is 0 Å². The minimum Gasteiger partial charge on any atom is -0.471 e. The van der Waals surface area contributed by atoms with Gasteiger partial charge in [-0.05, 0) is 34.4 Å². The summed E-state index contributed by atoms with van der Waals surface area (Å²) in [5.74, 6) is 0.947. The second-order valence-electron chi connectivity index (χ2n) is 7.72. The molecule has 0 fully saturated rings. The fourth-order valence-electron chi connectivity index (χ4n) is 3.59. The van der Waals surface area contributed by atoms with Crippen molar-refractivity contribution >= 4 is 22.4 Å². The van der Waals surface area contributed by atoms with Gasteiger partial charge in [0, 0.05) is 22.2 Å². The molecule has 0 spiro atoms. The summed E-state index contributed by atoms with van der Waals surface area (Å²) in [4.78, 5) is 0. The van der Waals surface area contributed by atoms with Gasteiger partial charge in [-0.1, -0.05) is 74.8 Å². The zero-order chi connectivity index (χ0) is 17.6. The molecule has 1 heterocycles. The van der Waals surface area contributed by atoms with E-state index >= 15 is 0 Å². The third-order valence-corrected chi connectivity index (χ3v) is 5.03. The van der Waals surface area contributed by atoms with Crippen molar-refractivity contribution in [3.05, 3.63) is 76.8 Å². The molecule has 0 aliphatic carbocycles. The Balaban J connectivity index is 1.87. The van der Waals surface area contributed by atoms with E-state index in [1.807, 2.05) is 18.2 Å². The van der Waals surface area contributed by atoms with Crippen LogP contribution < -0.4 is 10.1 Å². The highest BCUT2D eigenvalue weighted by Crippen LogP contribution is 2.46. The van der Waals surface area contributed by atoms with Gasteiger partial charge in [0.2, 0.25) is 0 Å². The topological polar surface area (TPSA) is 21.3 Å². The molecule has 0 aromatic heterocycles. The maximum absolute atomic E-state index is 6.34. The molecule has 2 nitrogen and oxygen atoms in total. The smallest absolute Gasteiger partial charge is 0.177 e. The van der Waals surface area contributed by atoms with E-state index in [0.29, 0.717) is 0 Å². The number of ether oxygens (including phenoxy) is 1. The van der Waals surface area contributed by atoms with Crippen LogP contribution in [0.5, 0.6) is 5.75 Å². The molecule has 0 amide bonds. The Kier molecular flexibility index (Phi) is 3.98. The summed E-state index contributed by atoms with van der Waals surface area (Å²) in [6, 6.07) is 20.8. The number of fused-ring (bicyclic) bond motifs is 3. The highest BCUT2D eigenvalue weighted by Gasteiger charge is 2.36. The average Bonchev–Trinajstić information content (AvgIpc) is 2.59. The van der Waals surface area contributed by atoms with E-state index in [1.165, 1.54) is 16.3 Å². The lowest BCUT2D eigenvalue weighted by Gasteiger charge is -2.41. The van der Waals surface area contributed by atoms with E-state index < -0.39 is 0 Å². The Bertz CT molecular complexity index is 929. The second-order valence-corrected chi connectivity index (χ2v) is 8.15. The second kappa shape index (κ2) is 6.05. The summed E-state index contributed by atoms with van der Waals surface area (Å²) in [6.45, 7) is 6.78. The Morgan fingerprint density at radius 2 is 1.76 bits per heavy atom. The van der Waals surface area contributed by atoms with Crippen LogP contribution in [-0.4, -0.2) is 0 Å². The zero-order valence-electron chi connectivity index (χ0n) is 14.7. The molecular weight excluding hydrogens is 330 g/mol. The Labute approximate surface area is 153 Å². The van der Waals surface area contributed by atoms with Crippen molar-refractivity contribution in [2.24, 2.45) is 5.41 Å². The normalized spacial score (nSPS) is 20.2. The number of hydrogen-bond donors (Lipinski definition) is 1. The van der Waals surface area contributed by atoms with Gasteiger partial charge in [-0.15, -0.1) is 0 Å². The zero-order valence-corrected chi connectivity index (χ0v) is 15.5. The quantitative estimate of drug-likeness (QED) is 0.558. The molecule has 3 aromatic carbocycles. The van der Waals surface area contributed by atoms with E-state index in [-0.39, 0.29) is 17.7 Å². The lowest BCUT2D eigenvalue weighted by molar-refractivity contribution is 0.0878. The molecular formula is C22H22ClNO. The first-order valence-corrected chi connectivity index (χ1v) is 9.01. The molecule has 0 saturated carbocycles. The molecule has 1 N–H and O–H groups in total. The number of halogens is 1. The van der Waals surface area contributed by atoms with Crippen LogP contribution in [0.4, 0.5) is 0 Å². The van der Waals surface area contributed by atoms with Crippen LogP contribution in [0.3, 0.4) is 0 Å². The number of hydrogen-bond acceptors (Lipinski definition) is 2. The first-order chi connectivity index (χ1) is 11.9. The van der Waals surface area contributed by atoms with Crippen LogP contribution in [0.2, 0.25) is 5.02 Å². The Morgan fingerprint density at radius 1 is 0.960 bits per heavy atom. The fourth-order valence-corrected chi connectivity index (χ4v) is 3.79. The molecule has 2 atom stereocenters. The summed E-state index contributed by atoms with van der Waals surface area (Å²) >= 11 is 6.19. The number of rotatable bonds is 1. The minimum atomic E-state index is -0.211. The molecule has 25 heavy (non-hydrogen) atoms. The van der Waals surface area contributed by atoms with Crippen molar-refractivity contribution in [1.29, 1.82) is 0 Å². The third-order valence-electron chi connectivity index (χ3n) is 4.80. The highest BCUT2D eigenvalue weighted by molar-refractivity contribution is 6.30. The van der Waals surface area contributed by atoms with Gasteiger partial charge in [0.25, 0.3) is 0 Å². The van der Waals surface area contributed by atoms with Crippen molar-refractivity contribution in [1.82, 2.24) is 5.32 Å². The van der Waals surface area contributed by atoms with Gasteiger partial charge in [0.15, 0.2) is 6.23 Å². The van der Waals surface area contributed by atoms with Crippen molar-refractivity contribution in [3.8, 4) is 5.75 Å². The lowest BCUT2D eigenvalue weighted by Crippen LogP contribution is -2.41. The predicted molar refractivity (Wildman–Crippen MR) is 104 cm³/mol. The summed E-state index contributed by atoms with van der Waals surface area (Å²) < 4.78 is 6.34. The molecule has 128 valence electrons. The SMILES string of the molecule is CC(C)(C)[C@H]1N[C@H](c2cccc(Cl)c2)Oc2ccc3ccccc3c21. The summed E-state index contributed by atoms with van der Waals surface area (Å²) in [5, 5.41) is 6.91. The summed E-state index contributed by atoms with van der Waals surface area (Å²) in [6.07, 6.45) is -0.211. The van der Waals surface area contributed by atoms with Crippen LogP contribution in [0.15, 0.2) is 60.7 Å². The predicted octanol–water partition coefficient (Wildman–Crippen LogP) is 6.26. The van der Waals surface area contributed by atoms with Crippen LogP contribution in [-0.2, 0) is 0 Å². The monoisotopic (exact) mass is 351 g/mol. The standard InChI is InChI=1S/C22H22ClNO/c1-22(2,3)20-19-17-10-5-4-7-14(17)11-12-18(19)25-21(24-20)15-8-6-9-16(23)13-15/h4-13,20-21,24H,1-3H3/t20-,21-/m0/s1. The molecule has 0 saturated heterocycles. The average molecular weight is 352 g/mol. The Morgan fingerprint density at radius 3 is 2.52 bits per heavy atom. The summed E-state index contributed by atoms with van der Waals surface area (Å²) in [5.41, 5.74) is 2.32. The first-order valence-electron chi connectivity index (χ1n) is 8.63. The van der Waals surface area contributed by atoms with Gasteiger partial charge in [0.05, 0.1) is 0 Å². The number of nitrogens with one attached hydrogen (secondary N) is 1. The first kappa shape index (κ1) is 16.4. The van der Waals surface area contributed by atoms with Crippen LogP contribution in [0.1, 0.15) is 44.2 Å². The molecule has 0 unspecified atom stereocenters. The van der Waals surface area contributed by atoms with E-state index in [0.717, 1.165) is 16.3 Å². The van der Waals surface area contributed by atoms with E-state index in [9.17, 15) is 0 Å². The van der Waals surface area contributed by atoms with Gasteiger partial charge in [-0.2, -0.15) is 0 Å². The van der Waals surface area contributed by atoms with Crippen molar-refractivity contribution in [3.63, 3.8) is 0 Å². The van der Waals surface area contributed by atoms with Crippen molar-refractivity contribution in [2.45, 2.75) is 33.0 Å². The molecule has 0 bridgehead atoms. The largest absolute Gasteiger partial charge is 0.471 e. The molecule has 3 heteroatoms. The van der Waals surface area contributed by atoms with Crippen molar-refractivity contribution in [2.75, 3.05) is 0 Å². The van der Waals surface area contributed by atoms with Crippen LogP contribution in [0.25, 0.3) is 10.8 Å². The van der Waals surface area contributed by atoms with Crippen molar-refractivity contribution < 1.29 is 4.74 Å². The fraction of sp³-hybridized carbons (Fsp3) is 0.273. The van der Waals surface area contributed by atoms with Gasteiger partial charge in [-0.3, -0.25) is 5.32 Å². The maximum atomic E-state index is 6.34. The number of benzene rings is 3.